The number of carbonyl (C=O) groups is 1. The summed E-state index contributed by atoms with van der Waals surface area (Å²) in [4.78, 5) is 12.6. The van der Waals surface area contributed by atoms with Crippen molar-refractivity contribution in [2.24, 2.45) is 5.10 Å². The van der Waals surface area contributed by atoms with Gasteiger partial charge in [-0.3, -0.25) is 4.79 Å². The normalized spacial score (nSPS) is 10.8. The van der Waals surface area contributed by atoms with Crippen molar-refractivity contribution in [2.45, 2.75) is 0 Å². The summed E-state index contributed by atoms with van der Waals surface area (Å²) in [6.07, 6.45) is 1.53. The zero-order chi connectivity index (χ0) is 13.0. The molecule has 18 heavy (non-hydrogen) atoms. The molecule has 0 spiro atoms. The monoisotopic (exact) mass is 298 g/mol. The first-order valence-electron chi connectivity index (χ1n) is 5.00. The van der Waals surface area contributed by atoms with Crippen LogP contribution in [0, 0.1) is 0 Å². The third kappa shape index (κ3) is 3.32. The van der Waals surface area contributed by atoms with Crippen LogP contribution in [0.4, 0.5) is 0 Å². The van der Waals surface area contributed by atoms with Crippen molar-refractivity contribution in [1.82, 2.24) is 5.43 Å². The first-order chi connectivity index (χ1) is 8.66. The highest BCUT2D eigenvalue weighted by molar-refractivity contribution is 7.17. The molecule has 0 fully saturated rings. The van der Waals surface area contributed by atoms with Gasteiger partial charge >= 0.3 is 0 Å². The van der Waals surface area contributed by atoms with Crippen molar-refractivity contribution >= 4 is 46.7 Å². The highest BCUT2D eigenvalue weighted by Crippen LogP contribution is 2.19. The number of nitrogens with zero attached hydrogens (tertiary/aromatic N) is 1. The lowest BCUT2D eigenvalue weighted by Crippen LogP contribution is -2.17. The highest BCUT2D eigenvalue weighted by atomic mass is 35.5. The first-order valence-corrected chi connectivity index (χ1v) is 6.57. The summed E-state index contributed by atoms with van der Waals surface area (Å²) < 4.78 is 0.675. The molecule has 0 atom stereocenters. The second kappa shape index (κ2) is 6.00. The molecule has 1 aromatic heterocycles. The van der Waals surface area contributed by atoms with Gasteiger partial charge in [0.05, 0.1) is 21.1 Å². The lowest BCUT2D eigenvalue weighted by atomic mass is 10.2. The molecule has 1 aromatic carbocycles. The number of halogens is 2. The van der Waals surface area contributed by atoms with Crippen LogP contribution in [0.3, 0.4) is 0 Å². The predicted octanol–water partition coefficient (Wildman–Crippen LogP) is 3.82. The Labute approximate surface area is 118 Å². The highest BCUT2D eigenvalue weighted by Gasteiger charge is 2.07. The Balaban J connectivity index is 2.01. The van der Waals surface area contributed by atoms with Crippen LogP contribution in [0.1, 0.15) is 15.2 Å². The standard InChI is InChI=1S/C12H8Cl2N2OS/c13-10-4-2-1-3-9(10)12(17)16-15-7-8-5-6-11(14)18-8/h1-7H,(H,16,17)/b15-7-. The third-order valence-electron chi connectivity index (χ3n) is 2.07. The van der Waals surface area contributed by atoms with Crippen LogP contribution in [0.2, 0.25) is 9.36 Å². The van der Waals surface area contributed by atoms with E-state index >= 15 is 0 Å². The van der Waals surface area contributed by atoms with E-state index in [1.807, 2.05) is 6.07 Å². The van der Waals surface area contributed by atoms with Crippen molar-refractivity contribution in [3.8, 4) is 0 Å². The van der Waals surface area contributed by atoms with Crippen molar-refractivity contribution in [1.29, 1.82) is 0 Å². The van der Waals surface area contributed by atoms with Gasteiger partial charge in [0, 0.05) is 4.88 Å². The van der Waals surface area contributed by atoms with Gasteiger partial charge in [-0.1, -0.05) is 35.3 Å². The molecule has 0 saturated carbocycles. The summed E-state index contributed by atoms with van der Waals surface area (Å²) in [6, 6.07) is 10.4. The van der Waals surface area contributed by atoms with E-state index in [0.29, 0.717) is 14.9 Å². The fourth-order valence-electron chi connectivity index (χ4n) is 1.26. The molecule has 0 aliphatic carbocycles. The van der Waals surface area contributed by atoms with Gasteiger partial charge < -0.3 is 0 Å². The zero-order valence-electron chi connectivity index (χ0n) is 9.06. The van der Waals surface area contributed by atoms with Crippen LogP contribution in [-0.2, 0) is 0 Å². The second-order valence-electron chi connectivity index (χ2n) is 3.32. The molecule has 0 saturated heterocycles. The predicted molar refractivity (Wildman–Crippen MR) is 75.8 cm³/mol. The minimum Gasteiger partial charge on any atom is -0.267 e. The molecule has 1 amide bonds. The molecule has 2 aromatic rings. The van der Waals surface area contributed by atoms with Gasteiger partial charge in [-0.25, -0.2) is 5.43 Å². The fraction of sp³-hybridized carbons (Fsp3) is 0. The SMILES string of the molecule is O=C(N/N=C\c1ccc(Cl)s1)c1ccccc1Cl. The maximum absolute atomic E-state index is 11.7. The van der Waals surface area contributed by atoms with Crippen LogP contribution >= 0.6 is 34.5 Å². The van der Waals surface area contributed by atoms with Crippen LogP contribution in [0.25, 0.3) is 0 Å². The smallest absolute Gasteiger partial charge is 0.267 e. The summed E-state index contributed by atoms with van der Waals surface area (Å²) in [5.74, 6) is -0.348. The minimum atomic E-state index is -0.348. The summed E-state index contributed by atoms with van der Waals surface area (Å²) in [5, 5.41) is 4.23. The number of hydrazone groups is 1. The number of hydrogen-bond donors (Lipinski definition) is 1. The Bertz CT molecular complexity index is 595. The van der Waals surface area contributed by atoms with Gasteiger partial charge in [-0.15, -0.1) is 11.3 Å². The zero-order valence-corrected chi connectivity index (χ0v) is 11.4. The number of nitrogens with one attached hydrogen (secondary N) is 1. The molecular weight excluding hydrogens is 291 g/mol. The number of hydrogen-bond acceptors (Lipinski definition) is 3. The van der Waals surface area contributed by atoms with Crippen molar-refractivity contribution in [3.63, 3.8) is 0 Å². The molecule has 1 heterocycles. The molecule has 6 heteroatoms. The molecule has 0 aliphatic heterocycles. The Hall–Kier alpha value is -1.36. The second-order valence-corrected chi connectivity index (χ2v) is 5.47. The summed E-state index contributed by atoms with van der Waals surface area (Å²) in [5.41, 5.74) is 2.80. The van der Waals surface area contributed by atoms with E-state index in [-0.39, 0.29) is 5.91 Å². The Morgan fingerprint density at radius 2 is 2.00 bits per heavy atom. The van der Waals surface area contributed by atoms with Gasteiger partial charge in [-0.2, -0.15) is 5.10 Å². The summed E-state index contributed by atoms with van der Waals surface area (Å²) in [6.45, 7) is 0. The van der Waals surface area contributed by atoms with Gasteiger partial charge in [0.1, 0.15) is 0 Å². The molecule has 0 radical (unpaired) electrons. The maximum Gasteiger partial charge on any atom is 0.272 e. The van der Waals surface area contributed by atoms with Gasteiger partial charge in [-0.05, 0) is 24.3 Å². The largest absolute Gasteiger partial charge is 0.272 e. The van der Waals surface area contributed by atoms with Gasteiger partial charge in [0.25, 0.3) is 5.91 Å². The van der Waals surface area contributed by atoms with Crippen molar-refractivity contribution in [2.75, 3.05) is 0 Å². The number of amides is 1. The minimum absolute atomic E-state index is 0.348. The van der Waals surface area contributed by atoms with Crippen LogP contribution in [0.5, 0.6) is 0 Å². The Morgan fingerprint density at radius 3 is 2.67 bits per heavy atom. The van der Waals surface area contributed by atoms with E-state index in [0.717, 1.165) is 4.88 Å². The van der Waals surface area contributed by atoms with Crippen LogP contribution in [0.15, 0.2) is 41.5 Å². The molecule has 0 bridgehead atoms. The van der Waals surface area contributed by atoms with Crippen molar-refractivity contribution in [3.05, 3.63) is 56.2 Å². The van der Waals surface area contributed by atoms with E-state index in [1.165, 1.54) is 17.6 Å². The lowest BCUT2D eigenvalue weighted by molar-refractivity contribution is 0.0955. The number of rotatable bonds is 3. The molecule has 0 aliphatic rings. The van der Waals surface area contributed by atoms with E-state index in [2.05, 4.69) is 10.5 Å². The topological polar surface area (TPSA) is 41.5 Å². The maximum atomic E-state index is 11.7. The van der Waals surface area contributed by atoms with E-state index in [1.54, 1.807) is 30.3 Å². The molecule has 0 unspecified atom stereocenters. The molecule has 1 N–H and O–H groups in total. The average molecular weight is 299 g/mol. The van der Waals surface area contributed by atoms with Gasteiger partial charge in [0.2, 0.25) is 0 Å². The first kappa shape index (κ1) is 13.1. The third-order valence-corrected chi connectivity index (χ3v) is 3.57. The van der Waals surface area contributed by atoms with Crippen molar-refractivity contribution < 1.29 is 4.79 Å². The molecule has 3 nitrogen and oxygen atoms in total. The van der Waals surface area contributed by atoms with E-state index in [9.17, 15) is 4.79 Å². The number of benzene rings is 1. The fourth-order valence-corrected chi connectivity index (χ4v) is 2.41. The van der Waals surface area contributed by atoms with Crippen LogP contribution < -0.4 is 5.43 Å². The number of carbonyl (C=O) groups excluding carboxylic acids is 1. The Morgan fingerprint density at radius 1 is 1.22 bits per heavy atom. The summed E-state index contributed by atoms with van der Waals surface area (Å²) in [7, 11) is 0. The summed E-state index contributed by atoms with van der Waals surface area (Å²) >= 11 is 13.0. The molecule has 2 rings (SSSR count). The quantitative estimate of drug-likeness (QED) is 0.679. The Kier molecular flexibility index (Phi) is 4.36. The van der Waals surface area contributed by atoms with Crippen LogP contribution in [-0.4, -0.2) is 12.1 Å². The average Bonchev–Trinajstić information content (AvgIpc) is 2.75. The lowest BCUT2D eigenvalue weighted by Gasteiger charge is -2.01. The number of thiophene rings is 1. The molecular formula is C12H8Cl2N2OS. The van der Waals surface area contributed by atoms with E-state index in [4.69, 9.17) is 23.2 Å². The van der Waals surface area contributed by atoms with E-state index < -0.39 is 0 Å². The molecule has 92 valence electrons. The van der Waals surface area contributed by atoms with Gasteiger partial charge in [0.15, 0.2) is 0 Å².